The number of amides is 2. The molecule has 3 heterocycles. The smallest absolute Gasteiger partial charge is 0.410 e. The van der Waals surface area contributed by atoms with E-state index in [4.69, 9.17) is 23.7 Å². The molecule has 2 aliphatic heterocycles. The van der Waals surface area contributed by atoms with Gasteiger partial charge in [0.2, 0.25) is 0 Å². The van der Waals surface area contributed by atoms with E-state index in [9.17, 15) is 9.59 Å². The molecule has 2 aromatic carbocycles. The van der Waals surface area contributed by atoms with E-state index in [2.05, 4.69) is 15.6 Å². The van der Waals surface area contributed by atoms with E-state index in [0.717, 1.165) is 5.56 Å². The number of hydrogen-bond donors (Lipinski definition) is 2. The number of aromatic nitrogens is 1. The zero-order valence-corrected chi connectivity index (χ0v) is 28.4. The van der Waals surface area contributed by atoms with Crippen LogP contribution in [-0.4, -0.2) is 86.1 Å². The topological polar surface area (TPSA) is 124 Å². The Morgan fingerprint density at radius 1 is 1.02 bits per heavy atom. The lowest BCUT2D eigenvalue weighted by Gasteiger charge is -2.34. The van der Waals surface area contributed by atoms with Gasteiger partial charge in [-0.05, 0) is 70.0 Å². The standard InChI is InChI=1S/C35H44FN5O7/c1-35(2,3)48-34(43)40-15-7-8-24(20-40)38-32-30(36)27-21-41(19-22-9-12-26(45-5)18-28(22)46-6)33(42)29(27)31(39-32)37-23-10-13-25(14-11-23)47-17-16-44-4/h9-14,18,24H,7-8,15-17,19-21H2,1-6H3,(H2,37,38,39). The highest BCUT2D eigenvalue weighted by Crippen LogP contribution is 2.37. The summed E-state index contributed by atoms with van der Waals surface area (Å²) >= 11 is 0. The lowest BCUT2D eigenvalue weighted by Crippen LogP contribution is -2.47. The number of piperidine rings is 1. The Hall–Kier alpha value is -4.78. The Morgan fingerprint density at radius 3 is 2.46 bits per heavy atom. The van der Waals surface area contributed by atoms with Gasteiger partial charge in [0.25, 0.3) is 5.91 Å². The van der Waals surface area contributed by atoms with Crippen molar-refractivity contribution in [2.75, 3.05) is 58.3 Å². The van der Waals surface area contributed by atoms with Gasteiger partial charge in [0.15, 0.2) is 11.6 Å². The summed E-state index contributed by atoms with van der Waals surface area (Å²) in [7, 11) is 4.72. The fourth-order valence-electron chi connectivity index (χ4n) is 5.71. The fraction of sp³-hybridized carbons (Fsp3) is 0.457. The highest BCUT2D eigenvalue weighted by atomic mass is 19.1. The van der Waals surface area contributed by atoms with E-state index in [0.29, 0.717) is 62.1 Å². The molecule has 258 valence electrons. The van der Waals surface area contributed by atoms with Gasteiger partial charge in [-0.3, -0.25) is 4.79 Å². The van der Waals surface area contributed by atoms with E-state index in [-0.39, 0.29) is 47.8 Å². The number of rotatable bonds is 12. The zero-order chi connectivity index (χ0) is 34.4. The van der Waals surface area contributed by atoms with Crippen LogP contribution < -0.4 is 24.8 Å². The van der Waals surface area contributed by atoms with E-state index in [1.165, 1.54) is 0 Å². The first-order chi connectivity index (χ1) is 23.0. The number of pyridine rings is 1. The lowest BCUT2D eigenvalue weighted by molar-refractivity contribution is 0.0206. The predicted octanol–water partition coefficient (Wildman–Crippen LogP) is 5.97. The molecule has 1 atom stereocenters. The van der Waals surface area contributed by atoms with Crippen LogP contribution in [-0.2, 0) is 22.6 Å². The number of ether oxygens (including phenoxy) is 5. The van der Waals surface area contributed by atoms with E-state index < -0.39 is 17.5 Å². The van der Waals surface area contributed by atoms with Crippen LogP contribution in [0.15, 0.2) is 42.5 Å². The van der Waals surface area contributed by atoms with Crippen molar-refractivity contribution in [1.29, 1.82) is 0 Å². The monoisotopic (exact) mass is 665 g/mol. The largest absolute Gasteiger partial charge is 0.497 e. The Labute approximate surface area is 280 Å². The van der Waals surface area contributed by atoms with Gasteiger partial charge in [0.05, 0.1) is 32.9 Å². The maximum absolute atomic E-state index is 16.4. The molecule has 3 aromatic rings. The van der Waals surface area contributed by atoms with Gasteiger partial charge in [-0.1, -0.05) is 0 Å². The summed E-state index contributed by atoms with van der Waals surface area (Å²) in [5.74, 6) is 1.07. The molecule has 0 bridgehead atoms. The van der Waals surface area contributed by atoms with Gasteiger partial charge in [-0.15, -0.1) is 0 Å². The first kappa shape index (κ1) is 34.6. The normalized spacial score (nSPS) is 16.0. The van der Waals surface area contributed by atoms with Gasteiger partial charge < -0.3 is 44.1 Å². The minimum atomic E-state index is -0.631. The third kappa shape index (κ3) is 8.19. The van der Waals surface area contributed by atoms with Gasteiger partial charge >= 0.3 is 6.09 Å². The van der Waals surface area contributed by atoms with E-state index >= 15 is 4.39 Å². The number of likely N-dealkylation sites (tertiary alicyclic amines) is 1. The molecule has 1 aromatic heterocycles. The second-order valence-corrected chi connectivity index (χ2v) is 12.7. The second-order valence-electron chi connectivity index (χ2n) is 12.7. The number of nitrogens with zero attached hydrogens (tertiary/aromatic N) is 3. The average Bonchev–Trinajstić information content (AvgIpc) is 3.39. The minimum Gasteiger partial charge on any atom is -0.497 e. The van der Waals surface area contributed by atoms with Gasteiger partial charge in [0, 0.05) is 55.7 Å². The highest BCUT2D eigenvalue weighted by molar-refractivity contribution is 6.03. The van der Waals surface area contributed by atoms with Crippen LogP contribution in [0.5, 0.6) is 17.2 Å². The molecule has 1 unspecified atom stereocenters. The van der Waals surface area contributed by atoms with Crippen LogP contribution in [0.4, 0.5) is 26.5 Å². The van der Waals surface area contributed by atoms with Crippen molar-refractivity contribution in [3.63, 3.8) is 0 Å². The number of carbonyl (C=O) groups is 2. The molecule has 0 radical (unpaired) electrons. The van der Waals surface area contributed by atoms with Gasteiger partial charge in [-0.25, -0.2) is 14.2 Å². The zero-order valence-electron chi connectivity index (χ0n) is 28.4. The van der Waals surface area contributed by atoms with Crippen LogP contribution >= 0.6 is 0 Å². The van der Waals surface area contributed by atoms with Gasteiger partial charge in [0.1, 0.15) is 35.3 Å². The van der Waals surface area contributed by atoms with Crippen LogP contribution in [0.25, 0.3) is 0 Å². The van der Waals surface area contributed by atoms with Crippen molar-refractivity contribution in [3.05, 3.63) is 65.0 Å². The van der Waals surface area contributed by atoms with Gasteiger partial charge in [-0.2, -0.15) is 0 Å². The summed E-state index contributed by atoms with van der Waals surface area (Å²) < 4.78 is 43.5. The Balaban J connectivity index is 1.43. The van der Waals surface area contributed by atoms with Crippen LogP contribution in [0.3, 0.4) is 0 Å². The quantitative estimate of drug-likeness (QED) is 0.224. The van der Waals surface area contributed by atoms with Crippen LogP contribution in [0.1, 0.15) is 55.1 Å². The average molecular weight is 666 g/mol. The molecule has 0 spiro atoms. The molecule has 2 aliphatic rings. The molecule has 2 amide bonds. The molecule has 0 aliphatic carbocycles. The molecule has 0 saturated carbocycles. The Morgan fingerprint density at radius 2 is 1.77 bits per heavy atom. The number of fused-ring (bicyclic) bond motifs is 1. The number of carbonyl (C=O) groups excluding carboxylic acids is 2. The molecular weight excluding hydrogens is 621 g/mol. The molecule has 1 fully saturated rings. The molecule has 12 nitrogen and oxygen atoms in total. The number of hydrogen-bond acceptors (Lipinski definition) is 10. The van der Waals surface area contributed by atoms with E-state index in [1.807, 2.05) is 26.8 Å². The summed E-state index contributed by atoms with van der Waals surface area (Å²) in [5, 5.41) is 6.47. The number of methoxy groups -OCH3 is 3. The van der Waals surface area contributed by atoms with Crippen molar-refractivity contribution < 1.29 is 37.7 Å². The maximum atomic E-state index is 16.4. The molecule has 48 heavy (non-hydrogen) atoms. The predicted molar refractivity (Wildman–Crippen MR) is 179 cm³/mol. The molecule has 2 N–H and O–H groups in total. The Kier molecular flexibility index (Phi) is 10.8. The number of anilines is 3. The molecule has 5 rings (SSSR count). The summed E-state index contributed by atoms with van der Waals surface area (Å²) in [6, 6.07) is 12.3. The lowest BCUT2D eigenvalue weighted by atomic mass is 10.1. The number of nitrogens with one attached hydrogen (secondary N) is 2. The third-order valence-electron chi connectivity index (χ3n) is 8.03. The summed E-state index contributed by atoms with van der Waals surface area (Å²) in [6.07, 6.45) is 1.000. The number of benzene rings is 2. The summed E-state index contributed by atoms with van der Waals surface area (Å²) in [4.78, 5) is 34.5. The Bertz CT molecular complexity index is 1610. The van der Waals surface area contributed by atoms with Crippen molar-refractivity contribution in [3.8, 4) is 17.2 Å². The third-order valence-corrected chi connectivity index (χ3v) is 8.03. The second kappa shape index (κ2) is 15.0. The molecule has 13 heteroatoms. The van der Waals surface area contributed by atoms with Crippen LogP contribution in [0.2, 0.25) is 0 Å². The summed E-state index contributed by atoms with van der Waals surface area (Å²) in [5.41, 5.74) is 1.14. The van der Waals surface area contributed by atoms with E-state index in [1.54, 1.807) is 67.5 Å². The van der Waals surface area contributed by atoms with Crippen molar-refractivity contribution >= 4 is 29.3 Å². The van der Waals surface area contributed by atoms with Crippen molar-refractivity contribution in [1.82, 2.24) is 14.8 Å². The minimum absolute atomic E-state index is 0.00323. The van der Waals surface area contributed by atoms with Crippen LogP contribution in [0, 0.1) is 5.82 Å². The summed E-state index contributed by atoms with van der Waals surface area (Å²) in [6.45, 7) is 7.40. The fourth-order valence-corrected chi connectivity index (χ4v) is 5.71. The molecular formula is C35H44FN5O7. The van der Waals surface area contributed by atoms with Crippen molar-refractivity contribution in [2.24, 2.45) is 0 Å². The maximum Gasteiger partial charge on any atom is 0.410 e. The highest BCUT2D eigenvalue weighted by Gasteiger charge is 2.37. The number of halogens is 1. The molecule has 1 saturated heterocycles. The first-order valence-electron chi connectivity index (χ1n) is 16.0. The van der Waals surface area contributed by atoms with Crippen molar-refractivity contribution in [2.45, 2.75) is 58.3 Å². The SMILES string of the molecule is COCCOc1ccc(Nc2nc(NC3CCCN(C(=O)OC(C)(C)C)C3)c(F)c3c2C(=O)N(Cc2ccc(OC)cc2OC)C3)cc1. The first-order valence-corrected chi connectivity index (χ1v) is 16.0.